The van der Waals surface area contributed by atoms with Gasteiger partial charge >= 0.3 is 0 Å². The number of nitrogens with zero attached hydrogens (tertiary/aromatic N) is 1. The van der Waals surface area contributed by atoms with Crippen molar-refractivity contribution in [3.8, 4) is 0 Å². The second-order valence-corrected chi connectivity index (χ2v) is 5.93. The van der Waals surface area contributed by atoms with Crippen molar-refractivity contribution in [2.24, 2.45) is 11.8 Å². The number of rotatable bonds is 6. The van der Waals surface area contributed by atoms with E-state index in [1.807, 2.05) is 0 Å². The third-order valence-corrected chi connectivity index (χ3v) is 4.61. The van der Waals surface area contributed by atoms with E-state index in [9.17, 15) is 0 Å². The van der Waals surface area contributed by atoms with Gasteiger partial charge in [0.25, 0.3) is 0 Å². The average Bonchev–Trinajstić information content (AvgIpc) is 2.37. The Bertz CT molecular complexity index is 205. The van der Waals surface area contributed by atoms with E-state index in [4.69, 9.17) is 0 Å². The smallest absolute Gasteiger partial charge is 0.0221 e. The molecule has 0 aromatic carbocycles. The van der Waals surface area contributed by atoms with Gasteiger partial charge < -0.3 is 5.32 Å². The summed E-state index contributed by atoms with van der Waals surface area (Å²) in [7, 11) is 0. The maximum absolute atomic E-state index is 3.75. The van der Waals surface area contributed by atoms with Gasteiger partial charge in [0.05, 0.1) is 0 Å². The molecule has 1 aliphatic rings. The van der Waals surface area contributed by atoms with Crippen molar-refractivity contribution in [1.29, 1.82) is 0 Å². The molecule has 2 heteroatoms. The van der Waals surface area contributed by atoms with Gasteiger partial charge in [0.15, 0.2) is 0 Å². The van der Waals surface area contributed by atoms with Gasteiger partial charge in [-0.1, -0.05) is 47.5 Å². The maximum Gasteiger partial charge on any atom is 0.0221 e. The molecule has 1 rings (SSSR count). The monoisotopic (exact) mass is 240 g/mol. The summed E-state index contributed by atoms with van der Waals surface area (Å²) in [4.78, 5) is 2.74. The van der Waals surface area contributed by atoms with Crippen LogP contribution in [0.5, 0.6) is 0 Å². The molecular formula is C15H32N2. The Balaban J connectivity index is 2.55. The Labute approximate surface area is 108 Å². The summed E-state index contributed by atoms with van der Waals surface area (Å²) in [6.07, 6.45) is 3.86. The van der Waals surface area contributed by atoms with E-state index in [1.54, 1.807) is 0 Å². The fraction of sp³-hybridized carbons (Fsp3) is 1.00. The van der Waals surface area contributed by atoms with Gasteiger partial charge in [0.1, 0.15) is 0 Å². The first-order valence-electron chi connectivity index (χ1n) is 7.59. The van der Waals surface area contributed by atoms with E-state index in [0.717, 1.165) is 17.9 Å². The zero-order valence-corrected chi connectivity index (χ0v) is 12.5. The minimum absolute atomic E-state index is 0.701. The van der Waals surface area contributed by atoms with Crippen molar-refractivity contribution in [2.45, 2.75) is 66.0 Å². The summed E-state index contributed by atoms with van der Waals surface area (Å²) < 4.78 is 0. The van der Waals surface area contributed by atoms with E-state index < -0.39 is 0 Å². The van der Waals surface area contributed by atoms with E-state index >= 15 is 0 Å². The molecule has 0 amide bonds. The van der Waals surface area contributed by atoms with E-state index in [2.05, 4.69) is 44.8 Å². The van der Waals surface area contributed by atoms with Crippen molar-refractivity contribution >= 4 is 0 Å². The lowest BCUT2D eigenvalue weighted by molar-refractivity contribution is 0.0913. The zero-order valence-electron chi connectivity index (χ0n) is 12.5. The highest BCUT2D eigenvalue weighted by Gasteiger charge is 2.29. The van der Waals surface area contributed by atoms with Crippen molar-refractivity contribution in [3.63, 3.8) is 0 Å². The Morgan fingerprint density at radius 2 is 1.88 bits per heavy atom. The molecule has 1 heterocycles. The maximum atomic E-state index is 3.75. The van der Waals surface area contributed by atoms with Crippen molar-refractivity contribution in [2.75, 3.05) is 19.6 Å². The second-order valence-electron chi connectivity index (χ2n) is 5.93. The van der Waals surface area contributed by atoms with Crippen LogP contribution in [0.2, 0.25) is 0 Å². The normalized spacial score (nSPS) is 30.2. The van der Waals surface area contributed by atoms with Gasteiger partial charge in [-0.3, -0.25) is 4.90 Å². The lowest BCUT2D eigenvalue weighted by atomic mass is 9.94. The summed E-state index contributed by atoms with van der Waals surface area (Å²) >= 11 is 0. The lowest BCUT2D eigenvalue weighted by Gasteiger charge is -2.43. The number of hydrogen-bond acceptors (Lipinski definition) is 2. The predicted molar refractivity (Wildman–Crippen MR) is 76.4 cm³/mol. The third-order valence-electron chi connectivity index (χ3n) is 4.61. The molecule has 0 bridgehead atoms. The predicted octanol–water partition coefficient (Wildman–Crippen LogP) is 3.13. The fourth-order valence-electron chi connectivity index (χ4n) is 2.70. The molecule has 4 atom stereocenters. The molecule has 0 aromatic heterocycles. The third kappa shape index (κ3) is 4.26. The largest absolute Gasteiger partial charge is 0.311 e. The summed E-state index contributed by atoms with van der Waals surface area (Å²) in [6, 6.07) is 1.45. The van der Waals surface area contributed by atoms with Gasteiger partial charge in [-0.25, -0.2) is 0 Å². The summed E-state index contributed by atoms with van der Waals surface area (Å²) in [6.45, 7) is 15.4. The molecular weight excluding hydrogens is 208 g/mol. The van der Waals surface area contributed by atoms with E-state index in [1.165, 1.54) is 38.9 Å². The van der Waals surface area contributed by atoms with Crippen LogP contribution in [0.1, 0.15) is 53.9 Å². The Hall–Kier alpha value is -0.0800. The summed E-state index contributed by atoms with van der Waals surface area (Å²) in [5.74, 6) is 1.63. The van der Waals surface area contributed by atoms with Crippen LogP contribution in [-0.4, -0.2) is 36.6 Å². The molecule has 0 aliphatic carbocycles. The SMILES string of the molecule is CCC(C)CN1CC(C(C)CC)NCC1CC. The number of hydrogen-bond donors (Lipinski definition) is 1. The van der Waals surface area contributed by atoms with Crippen LogP contribution in [0.15, 0.2) is 0 Å². The first-order valence-corrected chi connectivity index (χ1v) is 7.59. The van der Waals surface area contributed by atoms with Crippen molar-refractivity contribution in [1.82, 2.24) is 10.2 Å². The van der Waals surface area contributed by atoms with Crippen LogP contribution >= 0.6 is 0 Å². The van der Waals surface area contributed by atoms with Crippen LogP contribution in [0.4, 0.5) is 0 Å². The highest BCUT2D eigenvalue weighted by molar-refractivity contribution is 4.88. The van der Waals surface area contributed by atoms with Gasteiger partial charge in [-0.15, -0.1) is 0 Å². The molecule has 0 saturated carbocycles. The van der Waals surface area contributed by atoms with Gasteiger partial charge in [-0.2, -0.15) is 0 Å². The quantitative estimate of drug-likeness (QED) is 0.767. The number of nitrogens with one attached hydrogen (secondary N) is 1. The van der Waals surface area contributed by atoms with Crippen LogP contribution < -0.4 is 5.32 Å². The molecule has 1 aliphatic heterocycles. The van der Waals surface area contributed by atoms with E-state index in [0.29, 0.717) is 6.04 Å². The fourth-order valence-corrected chi connectivity index (χ4v) is 2.70. The molecule has 4 unspecified atom stereocenters. The molecule has 1 saturated heterocycles. The average molecular weight is 240 g/mol. The summed E-state index contributed by atoms with van der Waals surface area (Å²) in [5.41, 5.74) is 0. The molecule has 2 nitrogen and oxygen atoms in total. The van der Waals surface area contributed by atoms with Crippen molar-refractivity contribution < 1.29 is 0 Å². The standard InChI is InChI=1S/C15H32N2/c1-6-12(4)10-17-11-15(13(5)7-2)16-9-14(17)8-3/h12-16H,6-11H2,1-5H3. The van der Waals surface area contributed by atoms with Gasteiger partial charge in [0.2, 0.25) is 0 Å². The molecule has 0 spiro atoms. The summed E-state index contributed by atoms with van der Waals surface area (Å²) in [5, 5.41) is 3.75. The molecule has 0 aromatic rings. The molecule has 102 valence electrons. The molecule has 1 fully saturated rings. The van der Waals surface area contributed by atoms with Crippen LogP contribution in [0, 0.1) is 11.8 Å². The molecule has 1 N–H and O–H groups in total. The van der Waals surface area contributed by atoms with Gasteiger partial charge in [0, 0.05) is 31.7 Å². The number of piperazine rings is 1. The first-order chi connectivity index (χ1) is 8.12. The lowest BCUT2D eigenvalue weighted by Crippen LogP contribution is -2.58. The van der Waals surface area contributed by atoms with Gasteiger partial charge in [-0.05, 0) is 18.3 Å². The topological polar surface area (TPSA) is 15.3 Å². The second kappa shape index (κ2) is 7.38. The molecule has 17 heavy (non-hydrogen) atoms. The Morgan fingerprint density at radius 3 is 2.41 bits per heavy atom. The van der Waals surface area contributed by atoms with Crippen LogP contribution in [-0.2, 0) is 0 Å². The minimum Gasteiger partial charge on any atom is -0.311 e. The molecule has 0 radical (unpaired) electrons. The Morgan fingerprint density at radius 1 is 1.18 bits per heavy atom. The van der Waals surface area contributed by atoms with Crippen molar-refractivity contribution in [3.05, 3.63) is 0 Å². The minimum atomic E-state index is 0.701. The van der Waals surface area contributed by atoms with E-state index in [-0.39, 0.29) is 0 Å². The first kappa shape index (κ1) is 15.0. The van der Waals surface area contributed by atoms with Crippen LogP contribution in [0.25, 0.3) is 0 Å². The zero-order chi connectivity index (χ0) is 12.8. The highest BCUT2D eigenvalue weighted by atomic mass is 15.2. The Kier molecular flexibility index (Phi) is 6.50. The van der Waals surface area contributed by atoms with Crippen LogP contribution in [0.3, 0.4) is 0 Å². The highest BCUT2D eigenvalue weighted by Crippen LogP contribution is 2.19.